The Morgan fingerprint density at radius 3 is 2.56 bits per heavy atom. The number of aromatic nitrogens is 1. The first-order chi connectivity index (χ1) is 8.75. The van der Waals surface area contributed by atoms with E-state index in [0.717, 1.165) is 11.1 Å². The Labute approximate surface area is 103 Å². The number of carbonyl (C=O) groups excluding carboxylic acids is 2. The molecule has 0 unspecified atom stereocenters. The fraction of sp³-hybridized carbons (Fsp3) is 0.0769. The third-order valence-corrected chi connectivity index (χ3v) is 2.93. The molecule has 0 bridgehead atoms. The predicted octanol–water partition coefficient (Wildman–Crippen LogP) is 0.999. The van der Waals surface area contributed by atoms with Gasteiger partial charge in [0.15, 0.2) is 0 Å². The van der Waals surface area contributed by atoms with Crippen molar-refractivity contribution in [2.75, 3.05) is 0 Å². The number of benzene rings is 1. The smallest absolute Gasteiger partial charge is 0.272 e. The van der Waals surface area contributed by atoms with E-state index in [2.05, 4.69) is 15.8 Å². The Morgan fingerprint density at radius 2 is 1.78 bits per heavy atom. The van der Waals surface area contributed by atoms with Crippen LogP contribution >= 0.6 is 0 Å². The molecule has 3 N–H and O–H groups in total. The molecule has 18 heavy (non-hydrogen) atoms. The van der Waals surface area contributed by atoms with Crippen molar-refractivity contribution < 1.29 is 9.59 Å². The number of amides is 2. The molecular weight excluding hydrogens is 230 g/mol. The first-order valence-electron chi connectivity index (χ1n) is 5.60. The molecule has 0 atom stereocenters. The van der Waals surface area contributed by atoms with Crippen LogP contribution in [0.1, 0.15) is 16.1 Å². The van der Waals surface area contributed by atoms with E-state index in [1.807, 2.05) is 30.3 Å². The lowest BCUT2D eigenvalue weighted by molar-refractivity contribution is -0.121. The second kappa shape index (κ2) is 4.03. The van der Waals surface area contributed by atoms with Gasteiger partial charge in [-0.05, 0) is 5.56 Å². The van der Waals surface area contributed by atoms with Crippen LogP contribution in [0.3, 0.4) is 0 Å². The molecule has 1 aliphatic heterocycles. The van der Waals surface area contributed by atoms with Crippen LogP contribution in [0.5, 0.6) is 0 Å². The summed E-state index contributed by atoms with van der Waals surface area (Å²) in [4.78, 5) is 26.4. The number of fused-ring (bicyclic) bond motifs is 1. The summed E-state index contributed by atoms with van der Waals surface area (Å²) in [6.07, 6.45) is 1.93. The average Bonchev–Trinajstić information content (AvgIpc) is 2.75. The molecule has 0 saturated carbocycles. The van der Waals surface area contributed by atoms with E-state index in [9.17, 15) is 9.59 Å². The third kappa shape index (κ3) is 1.66. The van der Waals surface area contributed by atoms with Gasteiger partial charge in [0.2, 0.25) is 5.91 Å². The van der Waals surface area contributed by atoms with Gasteiger partial charge in [-0.25, -0.2) is 0 Å². The third-order valence-electron chi connectivity index (χ3n) is 2.93. The minimum Gasteiger partial charge on any atom is -0.363 e. The van der Waals surface area contributed by atoms with Crippen molar-refractivity contribution in [2.24, 2.45) is 0 Å². The summed E-state index contributed by atoms with van der Waals surface area (Å²) in [5.74, 6) is -0.528. The van der Waals surface area contributed by atoms with Crippen LogP contribution in [0, 0.1) is 0 Å². The van der Waals surface area contributed by atoms with Crippen molar-refractivity contribution in [1.29, 1.82) is 0 Å². The minimum absolute atomic E-state index is 0.168. The highest BCUT2D eigenvalue weighted by Gasteiger charge is 2.24. The van der Waals surface area contributed by atoms with Crippen LogP contribution in [0.2, 0.25) is 0 Å². The van der Waals surface area contributed by atoms with Crippen LogP contribution in [0.4, 0.5) is 0 Å². The van der Waals surface area contributed by atoms with Crippen LogP contribution in [-0.4, -0.2) is 16.8 Å². The van der Waals surface area contributed by atoms with E-state index in [4.69, 9.17) is 0 Å². The zero-order chi connectivity index (χ0) is 12.5. The molecule has 0 spiro atoms. The van der Waals surface area contributed by atoms with Crippen molar-refractivity contribution in [1.82, 2.24) is 15.8 Å². The van der Waals surface area contributed by atoms with E-state index in [1.165, 1.54) is 0 Å². The molecule has 90 valence electrons. The summed E-state index contributed by atoms with van der Waals surface area (Å²) in [6.45, 7) is 0. The van der Waals surface area contributed by atoms with Gasteiger partial charge in [0.05, 0.1) is 12.0 Å². The van der Waals surface area contributed by atoms with Crippen molar-refractivity contribution >= 4 is 11.8 Å². The Balaban J connectivity index is 2.14. The van der Waals surface area contributed by atoms with Crippen molar-refractivity contribution in [3.05, 3.63) is 47.8 Å². The Bertz CT molecular complexity index is 616. The van der Waals surface area contributed by atoms with E-state index >= 15 is 0 Å². The molecule has 5 nitrogen and oxygen atoms in total. The fourth-order valence-electron chi connectivity index (χ4n) is 2.10. The minimum atomic E-state index is -0.295. The number of carbonyl (C=O) groups is 2. The van der Waals surface area contributed by atoms with Crippen molar-refractivity contribution in [3.8, 4) is 11.1 Å². The standard InChI is InChI=1S/C13H11N3O2/c17-11-6-10-12(13(18)16-15-11)9(7-14-10)8-4-2-1-3-5-8/h1-5,7,14H,6H2,(H,15,17)(H,16,18). The highest BCUT2D eigenvalue weighted by Crippen LogP contribution is 2.27. The second-order valence-corrected chi connectivity index (χ2v) is 4.10. The maximum absolute atomic E-state index is 12.0. The topological polar surface area (TPSA) is 74.0 Å². The van der Waals surface area contributed by atoms with E-state index in [1.54, 1.807) is 6.20 Å². The predicted molar refractivity (Wildman–Crippen MR) is 65.5 cm³/mol. The lowest BCUT2D eigenvalue weighted by Gasteiger charge is -2.04. The summed E-state index contributed by atoms with van der Waals surface area (Å²) in [5, 5.41) is 0. The van der Waals surface area contributed by atoms with Gasteiger partial charge in [-0.3, -0.25) is 20.4 Å². The quantitative estimate of drug-likeness (QED) is 0.696. The molecule has 2 amide bonds. The van der Waals surface area contributed by atoms with E-state index in [-0.39, 0.29) is 18.2 Å². The van der Waals surface area contributed by atoms with Crippen LogP contribution in [-0.2, 0) is 11.2 Å². The molecule has 5 heteroatoms. The van der Waals surface area contributed by atoms with Crippen LogP contribution in [0.15, 0.2) is 36.5 Å². The molecular formula is C13H11N3O2. The van der Waals surface area contributed by atoms with Gasteiger partial charge in [0, 0.05) is 17.5 Å². The van der Waals surface area contributed by atoms with Crippen molar-refractivity contribution in [2.45, 2.75) is 6.42 Å². The molecule has 0 aliphatic carbocycles. The molecule has 0 saturated heterocycles. The molecule has 2 aromatic rings. The fourth-order valence-corrected chi connectivity index (χ4v) is 2.10. The Hall–Kier alpha value is -2.56. The van der Waals surface area contributed by atoms with E-state index < -0.39 is 0 Å². The van der Waals surface area contributed by atoms with Gasteiger partial charge in [0.1, 0.15) is 0 Å². The first kappa shape index (κ1) is 10.6. The van der Waals surface area contributed by atoms with E-state index in [0.29, 0.717) is 11.3 Å². The zero-order valence-electron chi connectivity index (χ0n) is 9.49. The van der Waals surface area contributed by atoms with Gasteiger partial charge >= 0.3 is 0 Å². The highest BCUT2D eigenvalue weighted by molar-refractivity contribution is 6.05. The summed E-state index contributed by atoms with van der Waals surface area (Å²) in [7, 11) is 0. The zero-order valence-corrected chi connectivity index (χ0v) is 9.49. The van der Waals surface area contributed by atoms with Gasteiger partial charge < -0.3 is 4.98 Å². The monoisotopic (exact) mass is 241 g/mol. The molecule has 1 aromatic carbocycles. The highest BCUT2D eigenvalue weighted by atomic mass is 16.2. The second-order valence-electron chi connectivity index (χ2n) is 4.10. The average molecular weight is 241 g/mol. The summed E-state index contributed by atoms with van der Waals surface area (Å²) in [5.41, 5.74) is 7.65. The number of hydrogen-bond donors (Lipinski definition) is 3. The molecule has 3 rings (SSSR count). The van der Waals surface area contributed by atoms with Crippen molar-refractivity contribution in [3.63, 3.8) is 0 Å². The number of hydrazine groups is 1. The molecule has 1 aliphatic rings. The Morgan fingerprint density at radius 1 is 1.00 bits per heavy atom. The number of rotatable bonds is 1. The van der Waals surface area contributed by atoms with Gasteiger partial charge in [-0.1, -0.05) is 30.3 Å². The lowest BCUT2D eigenvalue weighted by atomic mass is 10.0. The van der Waals surface area contributed by atoms with Gasteiger partial charge in [-0.2, -0.15) is 0 Å². The van der Waals surface area contributed by atoms with Crippen LogP contribution in [0.25, 0.3) is 11.1 Å². The number of nitrogens with one attached hydrogen (secondary N) is 3. The largest absolute Gasteiger partial charge is 0.363 e. The number of H-pyrrole nitrogens is 1. The number of hydrogen-bond acceptors (Lipinski definition) is 2. The maximum atomic E-state index is 12.0. The SMILES string of the molecule is O=C1Cc2[nH]cc(-c3ccccc3)c2C(=O)NN1. The summed E-state index contributed by atoms with van der Waals surface area (Å²) >= 11 is 0. The normalized spacial score (nSPS) is 14.4. The number of aromatic amines is 1. The molecule has 1 aromatic heterocycles. The summed E-state index contributed by atoms with van der Waals surface area (Å²) < 4.78 is 0. The maximum Gasteiger partial charge on any atom is 0.272 e. The van der Waals surface area contributed by atoms with Gasteiger partial charge in [0.25, 0.3) is 5.91 Å². The van der Waals surface area contributed by atoms with Crippen LogP contribution < -0.4 is 10.9 Å². The molecule has 0 radical (unpaired) electrons. The van der Waals surface area contributed by atoms with Gasteiger partial charge in [-0.15, -0.1) is 0 Å². The summed E-state index contributed by atoms with van der Waals surface area (Å²) in [6, 6.07) is 9.59. The molecule has 0 fully saturated rings. The first-order valence-corrected chi connectivity index (χ1v) is 5.60. The Kier molecular flexibility index (Phi) is 2.37. The lowest BCUT2D eigenvalue weighted by Crippen LogP contribution is -2.39. The molecule has 2 heterocycles.